The molecule has 16 heavy (non-hydrogen) atoms. The SMILES string of the molecule is CCCOc1cccnc1NC(C)(C)CN. The maximum Gasteiger partial charge on any atom is 0.169 e. The third-order valence-corrected chi connectivity index (χ3v) is 2.20. The number of aromatic nitrogens is 1. The second kappa shape index (κ2) is 5.70. The average Bonchev–Trinajstić information content (AvgIpc) is 2.27. The minimum Gasteiger partial charge on any atom is -0.490 e. The molecule has 0 amide bonds. The average molecular weight is 223 g/mol. The topological polar surface area (TPSA) is 60.2 Å². The lowest BCUT2D eigenvalue weighted by atomic mass is 10.1. The molecule has 3 N–H and O–H groups in total. The third-order valence-electron chi connectivity index (χ3n) is 2.20. The summed E-state index contributed by atoms with van der Waals surface area (Å²) in [5, 5.41) is 3.28. The first-order valence-electron chi connectivity index (χ1n) is 5.65. The second-order valence-corrected chi connectivity index (χ2v) is 4.41. The third kappa shape index (κ3) is 3.70. The summed E-state index contributed by atoms with van der Waals surface area (Å²) >= 11 is 0. The van der Waals surface area contributed by atoms with Gasteiger partial charge < -0.3 is 15.8 Å². The number of rotatable bonds is 6. The summed E-state index contributed by atoms with van der Waals surface area (Å²) in [5.74, 6) is 1.54. The fourth-order valence-electron chi connectivity index (χ4n) is 1.18. The van der Waals surface area contributed by atoms with Crippen LogP contribution in [0.5, 0.6) is 5.75 Å². The van der Waals surface area contributed by atoms with Crippen molar-refractivity contribution in [3.05, 3.63) is 18.3 Å². The zero-order valence-corrected chi connectivity index (χ0v) is 10.3. The lowest BCUT2D eigenvalue weighted by Gasteiger charge is -2.25. The fourth-order valence-corrected chi connectivity index (χ4v) is 1.18. The van der Waals surface area contributed by atoms with E-state index in [2.05, 4.69) is 17.2 Å². The molecule has 0 fully saturated rings. The lowest BCUT2D eigenvalue weighted by molar-refractivity contribution is 0.317. The molecular formula is C12H21N3O. The van der Waals surface area contributed by atoms with Crippen LogP contribution < -0.4 is 15.8 Å². The largest absolute Gasteiger partial charge is 0.490 e. The quantitative estimate of drug-likeness (QED) is 0.774. The Morgan fingerprint density at radius 3 is 2.88 bits per heavy atom. The van der Waals surface area contributed by atoms with Crippen LogP contribution in [0.25, 0.3) is 0 Å². The molecule has 1 rings (SSSR count). The van der Waals surface area contributed by atoms with E-state index in [1.165, 1.54) is 0 Å². The van der Waals surface area contributed by atoms with Gasteiger partial charge in [-0.1, -0.05) is 6.92 Å². The van der Waals surface area contributed by atoms with E-state index in [4.69, 9.17) is 10.5 Å². The standard InChI is InChI=1S/C12H21N3O/c1-4-8-16-10-6-5-7-14-11(10)15-12(2,3)9-13/h5-7H,4,8-9,13H2,1-3H3,(H,14,15). The van der Waals surface area contributed by atoms with E-state index >= 15 is 0 Å². The van der Waals surface area contributed by atoms with Gasteiger partial charge in [-0.05, 0) is 32.4 Å². The van der Waals surface area contributed by atoms with Crippen LogP contribution in [-0.2, 0) is 0 Å². The van der Waals surface area contributed by atoms with Crippen molar-refractivity contribution >= 4 is 5.82 Å². The fraction of sp³-hybridized carbons (Fsp3) is 0.583. The molecule has 4 nitrogen and oxygen atoms in total. The molecule has 1 aromatic rings. The Kier molecular flexibility index (Phi) is 4.55. The van der Waals surface area contributed by atoms with Crippen molar-refractivity contribution in [3.8, 4) is 5.75 Å². The summed E-state index contributed by atoms with van der Waals surface area (Å²) in [4.78, 5) is 4.27. The maximum atomic E-state index is 5.67. The van der Waals surface area contributed by atoms with Gasteiger partial charge in [-0.15, -0.1) is 0 Å². The van der Waals surface area contributed by atoms with Gasteiger partial charge in [-0.25, -0.2) is 4.98 Å². The van der Waals surface area contributed by atoms with E-state index in [1.54, 1.807) is 6.20 Å². The molecule has 0 saturated heterocycles. The van der Waals surface area contributed by atoms with Crippen LogP contribution in [0.4, 0.5) is 5.82 Å². The van der Waals surface area contributed by atoms with Crippen LogP contribution >= 0.6 is 0 Å². The number of nitrogens with zero attached hydrogens (tertiary/aromatic N) is 1. The molecule has 4 heteroatoms. The molecule has 0 aromatic carbocycles. The minimum atomic E-state index is -0.182. The predicted molar refractivity (Wildman–Crippen MR) is 66.8 cm³/mol. The van der Waals surface area contributed by atoms with Crippen molar-refractivity contribution in [2.75, 3.05) is 18.5 Å². The maximum absolute atomic E-state index is 5.67. The molecule has 0 spiro atoms. The van der Waals surface area contributed by atoms with Gasteiger partial charge in [0.25, 0.3) is 0 Å². The molecule has 0 unspecified atom stereocenters. The number of pyridine rings is 1. The molecular weight excluding hydrogens is 202 g/mol. The Labute approximate surface area is 97.2 Å². The van der Waals surface area contributed by atoms with Gasteiger partial charge in [0, 0.05) is 18.3 Å². The predicted octanol–water partition coefficient (Wildman–Crippen LogP) is 2.02. The molecule has 1 heterocycles. The van der Waals surface area contributed by atoms with E-state index in [1.807, 2.05) is 26.0 Å². The van der Waals surface area contributed by atoms with E-state index in [0.717, 1.165) is 18.0 Å². The summed E-state index contributed by atoms with van der Waals surface area (Å²) in [7, 11) is 0. The van der Waals surface area contributed by atoms with Crippen LogP contribution in [0.15, 0.2) is 18.3 Å². The smallest absolute Gasteiger partial charge is 0.169 e. The summed E-state index contributed by atoms with van der Waals surface area (Å²) in [5.41, 5.74) is 5.49. The van der Waals surface area contributed by atoms with Crippen molar-refractivity contribution < 1.29 is 4.74 Å². The highest BCUT2D eigenvalue weighted by molar-refractivity contribution is 5.51. The van der Waals surface area contributed by atoms with Crippen LogP contribution in [0.1, 0.15) is 27.2 Å². The van der Waals surface area contributed by atoms with Gasteiger partial charge in [0.2, 0.25) is 0 Å². The lowest BCUT2D eigenvalue weighted by Crippen LogP contribution is -2.39. The molecule has 0 radical (unpaired) electrons. The highest BCUT2D eigenvalue weighted by atomic mass is 16.5. The van der Waals surface area contributed by atoms with E-state index in [-0.39, 0.29) is 5.54 Å². The molecule has 0 aliphatic heterocycles. The van der Waals surface area contributed by atoms with Crippen molar-refractivity contribution in [3.63, 3.8) is 0 Å². The van der Waals surface area contributed by atoms with Crippen molar-refractivity contribution in [1.29, 1.82) is 0 Å². The molecule has 0 bridgehead atoms. The first-order chi connectivity index (χ1) is 7.59. The van der Waals surface area contributed by atoms with E-state index in [0.29, 0.717) is 13.2 Å². The second-order valence-electron chi connectivity index (χ2n) is 4.41. The number of hydrogen-bond acceptors (Lipinski definition) is 4. The molecule has 0 aliphatic rings. The first kappa shape index (κ1) is 12.8. The van der Waals surface area contributed by atoms with Gasteiger partial charge in [0.1, 0.15) is 0 Å². The zero-order valence-electron chi connectivity index (χ0n) is 10.3. The molecule has 0 saturated carbocycles. The Morgan fingerprint density at radius 1 is 1.50 bits per heavy atom. The highest BCUT2D eigenvalue weighted by Crippen LogP contribution is 2.23. The monoisotopic (exact) mass is 223 g/mol. The normalized spacial score (nSPS) is 11.2. The van der Waals surface area contributed by atoms with Gasteiger partial charge in [0.15, 0.2) is 11.6 Å². The Hall–Kier alpha value is -1.29. The zero-order chi connectivity index (χ0) is 12.0. The first-order valence-corrected chi connectivity index (χ1v) is 5.65. The Balaban J connectivity index is 2.78. The van der Waals surface area contributed by atoms with E-state index in [9.17, 15) is 0 Å². The van der Waals surface area contributed by atoms with Crippen molar-refractivity contribution in [2.45, 2.75) is 32.7 Å². The van der Waals surface area contributed by atoms with Crippen LogP contribution in [0.3, 0.4) is 0 Å². The number of ether oxygens (including phenoxy) is 1. The van der Waals surface area contributed by atoms with Gasteiger partial charge in [0.05, 0.1) is 6.61 Å². The Morgan fingerprint density at radius 2 is 2.25 bits per heavy atom. The molecule has 0 aliphatic carbocycles. The van der Waals surface area contributed by atoms with Crippen molar-refractivity contribution in [2.24, 2.45) is 5.73 Å². The number of nitrogens with one attached hydrogen (secondary N) is 1. The number of anilines is 1. The molecule has 0 atom stereocenters. The summed E-state index contributed by atoms with van der Waals surface area (Å²) < 4.78 is 5.61. The van der Waals surface area contributed by atoms with Crippen LogP contribution in [-0.4, -0.2) is 23.7 Å². The number of hydrogen-bond donors (Lipinski definition) is 2. The summed E-state index contributed by atoms with van der Waals surface area (Å²) in [6.45, 7) is 7.38. The number of nitrogens with two attached hydrogens (primary N) is 1. The van der Waals surface area contributed by atoms with Gasteiger partial charge in [-0.3, -0.25) is 0 Å². The summed E-state index contributed by atoms with van der Waals surface area (Å²) in [6.07, 6.45) is 2.72. The molecule has 90 valence electrons. The molecule has 1 aromatic heterocycles. The summed E-state index contributed by atoms with van der Waals surface area (Å²) in [6, 6.07) is 3.78. The van der Waals surface area contributed by atoms with Crippen LogP contribution in [0, 0.1) is 0 Å². The highest BCUT2D eigenvalue weighted by Gasteiger charge is 2.17. The van der Waals surface area contributed by atoms with Crippen molar-refractivity contribution in [1.82, 2.24) is 4.98 Å². The van der Waals surface area contributed by atoms with Gasteiger partial charge >= 0.3 is 0 Å². The Bertz CT molecular complexity index is 326. The minimum absolute atomic E-state index is 0.182. The van der Waals surface area contributed by atoms with Crippen LogP contribution in [0.2, 0.25) is 0 Å². The van der Waals surface area contributed by atoms with E-state index < -0.39 is 0 Å². The van der Waals surface area contributed by atoms with Gasteiger partial charge in [-0.2, -0.15) is 0 Å².